The lowest BCUT2D eigenvalue weighted by Crippen LogP contribution is -1.99. The van der Waals surface area contributed by atoms with Gasteiger partial charge in [0, 0.05) is 6.42 Å². The van der Waals surface area contributed by atoms with E-state index in [-0.39, 0.29) is 5.97 Å². The van der Waals surface area contributed by atoms with Gasteiger partial charge in [-0.05, 0) is 30.9 Å². The topological polar surface area (TPSA) is 46.5 Å². The molecule has 0 radical (unpaired) electrons. The average molecular weight is 208 g/mol. The minimum Gasteiger partial charge on any atom is -0.508 e. The van der Waals surface area contributed by atoms with Crippen molar-refractivity contribution in [2.24, 2.45) is 0 Å². The van der Waals surface area contributed by atoms with Crippen molar-refractivity contribution in [1.29, 1.82) is 0 Å². The molecule has 0 saturated carbocycles. The van der Waals surface area contributed by atoms with E-state index in [1.54, 1.807) is 12.1 Å². The van der Waals surface area contributed by atoms with Gasteiger partial charge >= 0.3 is 5.97 Å². The molecule has 0 aromatic heterocycles. The Labute approximate surface area is 89.7 Å². The second-order valence-corrected chi connectivity index (χ2v) is 3.41. The summed E-state index contributed by atoms with van der Waals surface area (Å²) in [5.74, 6) is 0.155. The van der Waals surface area contributed by atoms with E-state index in [1.807, 2.05) is 12.1 Å². The number of carbonyl (C=O) groups excluding carboxylic acids is 1. The van der Waals surface area contributed by atoms with Gasteiger partial charge in [-0.3, -0.25) is 4.79 Å². The first kappa shape index (κ1) is 11.6. The van der Waals surface area contributed by atoms with Gasteiger partial charge in [0.05, 0.1) is 7.11 Å². The molecular formula is C12H16O3. The van der Waals surface area contributed by atoms with E-state index in [9.17, 15) is 9.90 Å². The minimum atomic E-state index is -0.174. The smallest absolute Gasteiger partial charge is 0.305 e. The number of aryl methyl sites for hydroxylation is 1. The van der Waals surface area contributed by atoms with Crippen LogP contribution in [0.25, 0.3) is 0 Å². The third-order valence-corrected chi connectivity index (χ3v) is 2.30. The van der Waals surface area contributed by atoms with E-state index in [2.05, 4.69) is 4.74 Å². The van der Waals surface area contributed by atoms with Crippen LogP contribution in [0.2, 0.25) is 0 Å². The number of hydrogen-bond acceptors (Lipinski definition) is 3. The number of esters is 1. The van der Waals surface area contributed by atoms with Gasteiger partial charge in [0.2, 0.25) is 0 Å². The summed E-state index contributed by atoms with van der Waals surface area (Å²) in [6.45, 7) is 0. The molecule has 15 heavy (non-hydrogen) atoms. The molecule has 1 aromatic carbocycles. The predicted molar refractivity (Wildman–Crippen MR) is 57.7 cm³/mol. The molecule has 0 aliphatic carbocycles. The van der Waals surface area contributed by atoms with Gasteiger partial charge in [-0.15, -0.1) is 0 Å². The molecule has 3 heteroatoms. The number of benzene rings is 1. The van der Waals surface area contributed by atoms with E-state index >= 15 is 0 Å². The quantitative estimate of drug-likeness (QED) is 0.596. The average Bonchev–Trinajstić information content (AvgIpc) is 2.26. The Morgan fingerprint density at radius 2 is 2.07 bits per heavy atom. The molecule has 0 amide bonds. The zero-order chi connectivity index (χ0) is 11.1. The summed E-state index contributed by atoms with van der Waals surface area (Å²) in [5, 5.41) is 9.47. The second kappa shape index (κ2) is 6.06. The van der Waals surface area contributed by atoms with Gasteiger partial charge < -0.3 is 9.84 Å². The van der Waals surface area contributed by atoms with Crippen LogP contribution in [0.3, 0.4) is 0 Å². The standard InChI is InChI=1S/C12H16O3/c1-15-12(14)9-5-3-7-10-6-2-4-8-11(10)13/h2,4,6,8,13H,3,5,7,9H2,1H3. The molecule has 82 valence electrons. The van der Waals surface area contributed by atoms with E-state index in [0.29, 0.717) is 12.2 Å². The van der Waals surface area contributed by atoms with Crippen LogP contribution in [-0.4, -0.2) is 18.2 Å². The van der Waals surface area contributed by atoms with Crippen LogP contribution in [0, 0.1) is 0 Å². The summed E-state index contributed by atoms with van der Waals surface area (Å²) in [7, 11) is 1.39. The third-order valence-electron chi connectivity index (χ3n) is 2.30. The molecule has 0 unspecified atom stereocenters. The van der Waals surface area contributed by atoms with Crippen LogP contribution < -0.4 is 0 Å². The highest BCUT2D eigenvalue weighted by Crippen LogP contribution is 2.18. The first-order chi connectivity index (χ1) is 7.24. The molecule has 3 nitrogen and oxygen atoms in total. The zero-order valence-electron chi connectivity index (χ0n) is 8.90. The second-order valence-electron chi connectivity index (χ2n) is 3.41. The number of methoxy groups -OCH3 is 1. The normalized spacial score (nSPS) is 9.93. The number of phenolic OH excluding ortho intramolecular Hbond substituents is 1. The highest BCUT2D eigenvalue weighted by atomic mass is 16.5. The third kappa shape index (κ3) is 4.02. The summed E-state index contributed by atoms with van der Waals surface area (Å²) in [6.07, 6.45) is 2.92. The monoisotopic (exact) mass is 208 g/mol. The van der Waals surface area contributed by atoms with E-state index < -0.39 is 0 Å². The lowest BCUT2D eigenvalue weighted by Gasteiger charge is -2.03. The molecule has 1 aromatic rings. The van der Waals surface area contributed by atoms with Crippen LogP contribution in [0.4, 0.5) is 0 Å². The van der Waals surface area contributed by atoms with Crippen molar-refractivity contribution in [3.05, 3.63) is 29.8 Å². The highest BCUT2D eigenvalue weighted by molar-refractivity contribution is 5.68. The maximum absolute atomic E-state index is 10.8. The summed E-state index contributed by atoms with van der Waals surface area (Å²) in [4.78, 5) is 10.8. The number of unbranched alkanes of at least 4 members (excludes halogenated alkanes) is 1. The molecule has 0 saturated heterocycles. The number of phenols is 1. The Balaban J connectivity index is 2.26. The largest absolute Gasteiger partial charge is 0.508 e. The van der Waals surface area contributed by atoms with Crippen LogP contribution >= 0.6 is 0 Å². The summed E-state index contributed by atoms with van der Waals surface area (Å²) < 4.78 is 4.54. The Morgan fingerprint density at radius 1 is 1.33 bits per heavy atom. The summed E-state index contributed by atoms with van der Waals surface area (Å²) >= 11 is 0. The molecule has 1 N–H and O–H groups in total. The first-order valence-electron chi connectivity index (χ1n) is 5.07. The number of rotatable bonds is 5. The van der Waals surface area contributed by atoms with E-state index in [0.717, 1.165) is 24.8 Å². The number of aromatic hydroxyl groups is 1. The van der Waals surface area contributed by atoms with Crippen molar-refractivity contribution in [1.82, 2.24) is 0 Å². The van der Waals surface area contributed by atoms with Crippen molar-refractivity contribution >= 4 is 5.97 Å². The van der Waals surface area contributed by atoms with Crippen LogP contribution in [0.15, 0.2) is 24.3 Å². The van der Waals surface area contributed by atoms with Gasteiger partial charge in [0.1, 0.15) is 5.75 Å². The Morgan fingerprint density at radius 3 is 2.73 bits per heavy atom. The fourth-order valence-electron chi connectivity index (χ4n) is 1.41. The van der Waals surface area contributed by atoms with Crippen LogP contribution in [-0.2, 0) is 16.0 Å². The van der Waals surface area contributed by atoms with Crippen molar-refractivity contribution in [3.8, 4) is 5.75 Å². The molecule has 0 aliphatic heterocycles. The lowest BCUT2D eigenvalue weighted by atomic mass is 10.1. The zero-order valence-corrected chi connectivity index (χ0v) is 8.90. The first-order valence-corrected chi connectivity index (χ1v) is 5.07. The molecule has 0 atom stereocenters. The molecule has 0 aliphatic rings. The summed E-state index contributed by atoms with van der Waals surface area (Å²) in [6, 6.07) is 7.27. The van der Waals surface area contributed by atoms with Gasteiger partial charge in [0.25, 0.3) is 0 Å². The molecule has 0 spiro atoms. The van der Waals surface area contributed by atoms with Crippen LogP contribution in [0.5, 0.6) is 5.75 Å². The fourth-order valence-corrected chi connectivity index (χ4v) is 1.41. The van der Waals surface area contributed by atoms with Crippen LogP contribution in [0.1, 0.15) is 24.8 Å². The van der Waals surface area contributed by atoms with E-state index in [4.69, 9.17) is 0 Å². The SMILES string of the molecule is COC(=O)CCCCc1ccccc1O. The van der Waals surface area contributed by atoms with Gasteiger partial charge in [-0.25, -0.2) is 0 Å². The maximum Gasteiger partial charge on any atom is 0.305 e. The predicted octanol–water partition coefficient (Wildman–Crippen LogP) is 2.28. The molecule has 0 fully saturated rings. The molecule has 0 bridgehead atoms. The van der Waals surface area contributed by atoms with Crippen molar-refractivity contribution < 1.29 is 14.6 Å². The minimum absolute atomic E-state index is 0.174. The lowest BCUT2D eigenvalue weighted by molar-refractivity contribution is -0.140. The number of para-hydroxylation sites is 1. The Bertz CT molecular complexity index is 320. The Hall–Kier alpha value is -1.51. The summed E-state index contributed by atoms with van der Waals surface area (Å²) in [5.41, 5.74) is 0.933. The van der Waals surface area contributed by atoms with Gasteiger partial charge in [0.15, 0.2) is 0 Å². The number of carbonyl (C=O) groups is 1. The van der Waals surface area contributed by atoms with Crippen molar-refractivity contribution in [3.63, 3.8) is 0 Å². The highest BCUT2D eigenvalue weighted by Gasteiger charge is 2.02. The van der Waals surface area contributed by atoms with Gasteiger partial charge in [-0.1, -0.05) is 18.2 Å². The fraction of sp³-hybridized carbons (Fsp3) is 0.417. The molecule has 1 rings (SSSR count). The maximum atomic E-state index is 10.8. The number of ether oxygens (including phenoxy) is 1. The molecular weight excluding hydrogens is 192 g/mol. The van der Waals surface area contributed by atoms with Crippen molar-refractivity contribution in [2.45, 2.75) is 25.7 Å². The molecule has 0 heterocycles. The van der Waals surface area contributed by atoms with Crippen molar-refractivity contribution in [2.75, 3.05) is 7.11 Å². The van der Waals surface area contributed by atoms with E-state index in [1.165, 1.54) is 7.11 Å². The van der Waals surface area contributed by atoms with Gasteiger partial charge in [-0.2, -0.15) is 0 Å². The number of hydrogen-bond donors (Lipinski definition) is 1. The Kier molecular flexibility index (Phi) is 4.68.